The van der Waals surface area contributed by atoms with E-state index in [1.54, 1.807) is 0 Å². The van der Waals surface area contributed by atoms with Crippen LogP contribution in [0.3, 0.4) is 0 Å². The third-order valence-electron chi connectivity index (χ3n) is 6.51. The number of aliphatic hydroxyl groups is 1. The number of hydrogen-bond donors (Lipinski definition) is 1. The van der Waals surface area contributed by atoms with Gasteiger partial charge in [0.25, 0.3) is 0 Å². The molecule has 0 aromatic rings. The zero-order valence-electron chi connectivity index (χ0n) is 21.0. The van der Waals surface area contributed by atoms with Gasteiger partial charge in [0.05, 0.1) is 5.33 Å². The molecule has 0 aromatic heterocycles. The highest BCUT2D eigenvalue weighted by molar-refractivity contribution is 9.09. The van der Waals surface area contributed by atoms with Crippen molar-refractivity contribution in [3.8, 4) is 36.0 Å². The molecule has 0 atom stereocenters. The SMILES string of the molecule is BrCC#CCC1CCCC1.C#CCC1CCCC1.C1OCOCO1.OCC#CCC1CCCC1. The largest absolute Gasteiger partial charge is 0.384 e. The van der Waals surface area contributed by atoms with Crippen LogP contribution in [0.25, 0.3) is 0 Å². The molecule has 4 nitrogen and oxygen atoms in total. The van der Waals surface area contributed by atoms with E-state index in [9.17, 15) is 0 Å². The Hall–Kier alpha value is -1.00. The number of ether oxygens (including phenoxy) is 3. The van der Waals surface area contributed by atoms with Crippen LogP contribution in [0.1, 0.15) is 96.3 Å². The smallest absolute Gasteiger partial charge is 0.152 e. The monoisotopic (exact) mass is 536 g/mol. The maximum Gasteiger partial charge on any atom is 0.152 e. The highest BCUT2D eigenvalue weighted by Gasteiger charge is 2.13. The minimum Gasteiger partial charge on any atom is -0.384 e. The average molecular weight is 538 g/mol. The maximum absolute atomic E-state index is 8.37. The number of rotatable bonds is 3. The van der Waals surface area contributed by atoms with E-state index in [0.29, 0.717) is 20.4 Å². The van der Waals surface area contributed by atoms with Crippen molar-refractivity contribution in [2.24, 2.45) is 17.8 Å². The molecule has 34 heavy (non-hydrogen) atoms. The molecule has 0 bridgehead atoms. The summed E-state index contributed by atoms with van der Waals surface area (Å²) in [7, 11) is 0. The topological polar surface area (TPSA) is 47.9 Å². The summed E-state index contributed by atoms with van der Waals surface area (Å²) in [5, 5.41) is 9.20. The van der Waals surface area contributed by atoms with Crippen LogP contribution in [0.15, 0.2) is 0 Å². The van der Waals surface area contributed by atoms with Crippen LogP contribution in [0.4, 0.5) is 0 Å². The van der Waals surface area contributed by atoms with Gasteiger partial charge in [-0.25, -0.2) is 0 Å². The Morgan fingerprint density at radius 1 is 0.618 bits per heavy atom. The zero-order valence-corrected chi connectivity index (χ0v) is 22.6. The minimum atomic E-state index is 0.0206. The normalized spacial score (nSPS) is 20.0. The predicted molar refractivity (Wildman–Crippen MR) is 143 cm³/mol. The number of hydrogen-bond acceptors (Lipinski definition) is 4. The van der Waals surface area contributed by atoms with E-state index in [0.717, 1.165) is 42.3 Å². The first-order valence-electron chi connectivity index (χ1n) is 13.0. The molecule has 0 radical (unpaired) electrons. The molecule has 4 aliphatic rings. The average Bonchev–Trinajstić information content (AvgIpc) is 3.67. The first kappa shape index (κ1) is 31.0. The lowest BCUT2D eigenvalue weighted by molar-refractivity contribution is -0.247. The Kier molecular flexibility index (Phi) is 21.7. The number of terminal acetylenes is 1. The minimum absolute atomic E-state index is 0.0206. The van der Waals surface area contributed by atoms with Gasteiger partial charge in [-0.15, -0.1) is 24.2 Å². The Balaban J connectivity index is 0.000000230. The summed E-state index contributed by atoms with van der Waals surface area (Å²) in [4.78, 5) is 0. The van der Waals surface area contributed by atoms with Crippen LogP contribution in [-0.4, -0.2) is 37.4 Å². The fourth-order valence-corrected chi connectivity index (χ4v) is 4.82. The van der Waals surface area contributed by atoms with Crippen molar-refractivity contribution in [3.05, 3.63) is 0 Å². The van der Waals surface area contributed by atoms with E-state index in [4.69, 9.17) is 11.5 Å². The van der Waals surface area contributed by atoms with Crippen molar-refractivity contribution < 1.29 is 19.3 Å². The van der Waals surface area contributed by atoms with E-state index < -0.39 is 0 Å². The molecule has 0 aromatic carbocycles. The predicted octanol–water partition coefficient (Wildman–Crippen LogP) is 6.65. The summed E-state index contributed by atoms with van der Waals surface area (Å²) >= 11 is 3.29. The van der Waals surface area contributed by atoms with Crippen molar-refractivity contribution >= 4 is 15.9 Å². The van der Waals surface area contributed by atoms with Crippen molar-refractivity contribution in [3.63, 3.8) is 0 Å². The second-order valence-corrected chi connectivity index (χ2v) is 9.79. The summed E-state index contributed by atoms with van der Waals surface area (Å²) in [6.45, 7) is 1.15. The van der Waals surface area contributed by atoms with Gasteiger partial charge in [-0.1, -0.05) is 66.3 Å². The molecule has 1 heterocycles. The van der Waals surface area contributed by atoms with Gasteiger partial charge in [-0.2, -0.15) is 0 Å². The van der Waals surface area contributed by atoms with Gasteiger partial charge in [0.15, 0.2) is 20.4 Å². The first-order valence-corrected chi connectivity index (χ1v) is 14.2. The summed E-state index contributed by atoms with van der Waals surface area (Å²) in [5.74, 6) is 17.2. The molecule has 1 saturated heterocycles. The van der Waals surface area contributed by atoms with Gasteiger partial charge >= 0.3 is 0 Å². The van der Waals surface area contributed by atoms with E-state index in [2.05, 4.69) is 59.7 Å². The second-order valence-electron chi connectivity index (χ2n) is 9.23. The number of aliphatic hydroxyl groups excluding tert-OH is 1. The Morgan fingerprint density at radius 2 is 1.00 bits per heavy atom. The van der Waals surface area contributed by atoms with Crippen molar-refractivity contribution in [1.82, 2.24) is 0 Å². The van der Waals surface area contributed by atoms with Crippen LogP contribution in [0, 0.1) is 53.8 Å². The Labute approximate surface area is 217 Å². The van der Waals surface area contributed by atoms with Crippen LogP contribution in [-0.2, 0) is 14.2 Å². The molecule has 192 valence electrons. The third kappa shape index (κ3) is 18.3. The molecule has 0 unspecified atom stereocenters. The fraction of sp³-hybridized carbons (Fsp3) is 0.793. The van der Waals surface area contributed by atoms with Crippen molar-refractivity contribution in [2.75, 3.05) is 32.3 Å². The molecule has 1 N–H and O–H groups in total. The lowest BCUT2D eigenvalue weighted by Gasteiger charge is -2.10. The highest BCUT2D eigenvalue weighted by Crippen LogP contribution is 2.28. The van der Waals surface area contributed by atoms with Gasteiger partial charge in [0.2, 0.25) is 0 Å². The molecule has 5 heteroatoms. The lowest BCUT2D eigenvalue weighted by Crippen LogP contribution is -2.14. The molecular weight excluding hydrogens is 492 g/mol. The maximum atomic E-state index is 8.37. The van der Waals surface area contributed by atoms with E-state index in [-0.39, 0.29) is 6.61 Å². The molecule has 0 amide bonds. The van der Waals surface area contributed by atoms with Gasteiger partial charge in [-0.05, 0) is 56.3 Å². The van der Waals surface area contributed by atoms with Crippen LogP contribution < -0.4 is 0 Å². The number of halogens is 1. The standard InChI is InChI=1S/C9H13Br.C9H14O.C8H12.C3H6O3/c2*10-8-4-3-7-9-5-1-2-6-9;1-2-5-8-6-3-4-7-8;1-4-2-6-3-5-1/h9H,1-2,5-8H2;9-10H,1-2,5-8H2;1,8H,3-7H2;1-3H2. The van der Waals surface area contributed by atoms with Crippen LogP contribution in [0.2, 0.25) is 0 Å². The summed E-state index contributed by atoms with van der Waals surface area (Å²) in [6.07, 6.45) is 25.0. The molecule has 0 spiro atoms. The Morgan fingerprint density at radius 3 is 1.32 bits per heavy atom. The molecule has 1 aliphatic heterocycles. The van der Waals surface area contributed by atoms with Gasteiger partial charge in [0.1, 0.15) is 6.61 Å². The van der Waals surface area contributed by atoms with Crippen LogP contribution in [0.5, 0.6) is 0 Å². The molecular formula is C29H45BrO4. The summed E-state index contributed by atoms with van der Waals surface area (Å²) in [5.41, 5.74) is 0. The molecule has 4 rings (SSSR count). The highest BCUT2D eigenvalue weighted by atomic mass is 79.9. The molecule has 3 aliphatic carbocycles. The van der Waals surface area contributed by atoms with E-state index in [1.807, 2.05) is 0 Å². The lowest BCUT2D eigenvalue weighted by atomic mass is 10.1. The second kappa shape index (κ2) is 23.7. The van der Waals surface area contributed by atoms with Gasteiger partial charge < -0.3 is 19.3 Å². The molecule has 4 fully saturated rings. The quantitative estimate of drug-likeness (QED) is 0.324. The van der Waals surface area contributed by atoms with Crippen LogP contribution >= 0.6 is 15.9 Å². The summed E-state index contributed by atoms with van der Waals surface area (Å²) in [6, 6.07) is 0. The van der Waals surface area contributed by atoms with Crippen molar-refractivity contribution in [2.45, 2.75) is 96.3 Å². The van der Waals surface area contributed by atoms with Gasteiger partial charge in [0, 0.05) is 19.3 Å². The first-order chi connectivity index (χ1) is 16.8. The fourth-order valence-electron chi connectivity index (χ4n) is 4.63. The van der Waals surface area contributed by atoms with Crippen molar-refractivity contribution in [1.29, 1.82) is 0 Å². The zero-order chi connectivity index (χ0) is 24.5. The number of alkyl halides is 1. The summed E-state index contributed by atoms with van der Waals surface area (Å²) < 4.78 is 13.9. The Bertz CT molecular complexity index is 567. The van der Waals surface area contributed by atoms with Gasteiger partial charge in [-0.3, -0.25) is 0 Å². The third-order valence-corrected chi connectivity index (χ3v) is 6.79. The molecule has 3 saturated carbocycles. The van der Waals surface area contributed by atoms with E-state index >= 15 is 0 Å². The van der Waals surface area contributed by atoms with E-state index in [1.165, 1.54) is 77.0 Å².